The molecule has 3 heterocycles. The molecule has 29 heavy (non-hydrogen) atoms. The van der Waals surface area contributed by atoms with Gasteiger partial charge >= 0.3 is 0 Å². The summed E-state index contributed by atoms with van der Waals surface area (Å²) >= 11 is 0. The van der Waals surface area contributed by atoms with E-state index in [-0.39, 0.29) is 11.6 Å². The van der Waals surface area contributed by atoms with E-state index in [1.54, 1.807) is 13.1 Å². The summed E-state index contributed by atoms with van der Waals surface area (Å²) in [6, 6.07) is 4.22. The van der Waals surface area contributed by atoms with Gasteiger partial charge in [0, 0.05) is 30.4 Å². The van der Waals surface area contributed by atoms with E-state index < -0.39 is 24.1 Å². The molecule has 1 atom stereocenters. The van der Waals surface area contributed by atoms with Crippen molar-refractivity contribution >= 4 is 5.91 Å². The number of rotatable bonds is 6. The molecule has 0 aromatic carbocycles. The second kappa shape index (κ2) is 7.69. The van der Waals surface area contributed by atoms with Crippen molar-refractivity contribution in [2.24, 2.45) is 7.05 Å². The highest BCUT2D eigenvalue weighted by molar-refractivity contribution is 5.92. The molecule has 10 heteroatoms. The number of carbonyl (C=O) groups excluding carboxylic acids is 1. The molecule has 1 aliphatic rings. The van der Waals surface area contributed by atoms with E-state index in [2.05, 4.69) is 25.5 Å². The number of halogens is 2. The number of aryl methyl sites for hydroxylation is 1. The first-order valence-corrected chi connectivity index (χ1v) is 9.35. The fourth-order valence-corrected chi connectivity index (χ4v) is 3.18. The molecule has 152 valence electrons. The molecule has 1 aliphatic carbocycles. The lowest BCUT2D eigenvalue weighted by atomic mass is 9.82. The average molecular weight is 402 g/mol. The van der Waals surface area contributed by atoms with E-state index in [1.165, 1.54) is 13.5 Å². The number of carbonyl (C=O) groups is 1. The molecular weight excluding hydrogens is 382 g/mol. The number of alkyl halides is 2. The van der Waals surface area contributed by atoms with Crippen molar-refractivity contribution in [2.45, 2.75) is 44.6 Å². The predicted octanol–water partition coefficient (Wildman–Crippen LogP) is 3.56. The van der Waals surface area contributed by atoms with Gasteiger partial charge in [-0.25, -0.2) is 8.78 Å². The zero-order valence-corrected chi connectivity index (χ0v) is 16.0. The van der Waals surface area contributed by atoms with Crippen LogP contribution in [0.3, 0.4) is 0 Å². The van der Waals surface area contributed by atoms with Crippen molar-refractivity contribution in [3.8, 4) is 11.4 Å². The molecule has 4 rings (SSSR count). The number of hydrogen-bond donors (Lipinski definition) is 1. The van der Waals surface area contributed by atoms with Crippen molar-refractivity contribution in [2.75, 3.05) is 0 Å². The maximum absolute atomic E-state index is 12.8. The minimum Gasteiger partial charge on any atom is -0.339 e. The summed E-state index contributed by atoms with van der Waals surface area (Å²) in [6.45, 7) is 1.67. The molecule has 1 saturated carbocycles. The molecule has 8 nitrogen and oxygen atoms in total. The molecule has 1 amide bonds. The van der Waals surface area contributed by atoms with Gasteiger partial charge < -0.3 is 9.84 Å². The molecule has 1 N–H and O–H groups in total. The summed E-state index contributed by atoms with van der Waals surface area (Å²) < 4.78 is 32.0. The molecule has 0 saturated heterocycles. The predicted molar refractivity (Wildman–Crippen MR) is 98.2 cm³/mol. The minimum absolute atomic E-state index is 0.0196. The zero-order chi connectivity index (χ0) is 20.5. The first-order valence-electron chi connectivity index (χ1n) is 9.35. The fraction of sp³-hybridized carbons (Fsp3) is 0.421. The Kier molecular flexibility index (Phi) is 5.08. The molecule has 0 bridgehead atoms. The summed E-state index contributed by atoms with van der Waals surface area (Å²) in [4.78, 5) is 21.2. The molecule has 0 unspecified atom stereocenters. The molecular formula is C19H20F2N6O2. The molecule has 0 radical (unpaired) electrons. The summed E-state index contributed by atoms with van der Waals surface area (Å²) in [5, 5.41) is 10.3. The van der Waals surface area contributed by atoms with Crippen LogP contribution in [0.1, 0.15) is 72.3 Å². The average Bonchev–Trinajstić information content (AvgIpc) is 3.27. The SMILES string of the molecule is C[C@H](NC(=O)c1cc(C(F)F)nn1C)c1nc(-c2ccnc(C3CCC3)c2)no1. The lowest BCUT2D eigenvalue weighted by molar-refractivity contribution is 0.0923. The van der Waals surface area contributed by atoms with Crippen molar-refractivity contribution < 1.29 is 18.1 Å². The van der Waals surface area contributed by atoms with E-state index in [1.807, 2.05) is 12.1 Å². The molecule has 0 aliphatic heterocycles. The van der Waals surface area contributed by atoms with Gasteiger partial charge in [0.1, 0.15) is 17.4 Å². The summed E-state index contributed by atoms with van der Waals surface area (Å²) in [6.07, 6.45) is 2.48. The van der Waals surface area contributed by atoms with Crippen LogP contribution in [0.15, 0.2) is 28.9 Å². The van der Waals surface area contributed by atoms with E-state index >= 15 is 0 Å². The van der Waals surface area contributed by atoms with E-state index in [0.29, 0.717) is 11.7 Å². The number of nitrogens with zero attached hydrogens (tertiary/aromatic N) is 5. The van der Waals surface area contributed by atoms with Crippen molar-refractivity contribution in [3.63, 3.8) is 0 Å². The minimum atomic E-state index is -2.75. The van der Waals surface area contributed by atoms with Gasteiger partial charge in [-0.2, -0.15) is 10.1 Å². The number of hydrogen-bond acceptors (Lipinski definition) is 6. The van der Waals surface area contributed by atoms with Gasteiger partial charge in [-0.1, -0.05) is 11.6 Å². The summed E-state index contributed by atoms with van der Waals surface area (Å²) in [5.74, 6) is 0.545. The van der Waals surface area contributed by atoms with Crippen LogP contribution in [0.2, 0.25) is 0 Å². The Balaban J connectivity index is 1.47. The quantitative estimate of drug-likeness (QED) is 0.677. The topological polar surface area (TPSA) is 98.7 Å². The smallest absolute Gasteiger partial charge is 0.282 e. The second-order valence-electron chi connectivity index (χ2n) is 7.13. The first kappa shape index (κ1) is 19.2. The molecule has 1 fully saturated rings. The van der Waals surface area contributed by atoms with Crippen LogP contribution in [0.5, 0.6) is 0 Å². The molecule has 3 aromatic rings. The normalized spacial score (nSPS) is 15.3. The van der Waals surface area contributed by atoms with Gasteiger partial charge in [0.15, 0.2) is 0 Å². The van der Waals surface area contributed by atoms with Crippen LogP contribution in [0.25, 0.3) is 11.4 Å². The van der Waals surface area contributed by atoms with Gasteiger partial charge in [-0.05, 0) is 38.0 Å². The maximum atomic E-state index is 12.8. The zero-order valence-electron chi connectivity index (χ0n) is 16.0. The van der Waals surface area contributed by atoms with Crippen LogP contribution in [-0.4, -0.2) is 30.8 Å². The number of amides is 1. The monoisotopic (exact) mass is 402 g/mol. The Labute approximate surface area is 165 Å². The van der Waals surface area contributed by atoms with Crippen LogP contribution < -0.4 is 5.32 Å². The van der Waals surface area contributed by atoms with Gasteiger partial charge in [0.05, 0.1) is 0 Å². The standard InChI is InChI=1S/C19H20F2N6O2/c1-10(23-18(28)15-9-14(16(20)21)25-27(15)2)19-24-17(26-29-19)12-6-7-22-13(8-12)11-4-3-5-11/h6-11,16H,3-5H2,1-2H3,(H,23,28)/t10-/m0/s1. The number of nitrogens with one attached hydrogen (secondary N) is 1. The summed E-state index contributed by atoms with van der Waals surface area (Å²) in [7, 11) is 1.43. The lowest BCUT2D eigenvalue weighted by Gasteiger charge is -2.24. The molecule has 0 spiro atoms. The largest absolute Gasteiger partial charge is 0.339 e. The highest BCUT2D eigenvalue weighted by Gasteiger charge is 2.24. The van der Waals surface area contributed by atoms with Crippen LogP contribution in [0.4, 0.5) is 8.78 Å². The van der Waals surface area contributed by atoms with Gasteiger partial charge in [-0.15, -0.1) is 0 Å². The highest BCUT2D eigenvalue weighted by atomic mass is 19.3. The van der Waals surface area contributed by atoms with E-state index in [0.717, 1.165) is 34.8 Å². The third-order valence-electron chi connectivity index (χ3n) is 5.08. The Bertz CT molecular complexity index is 1030. The Morgan fingerprint density at radius 1 is 1.34 bits per heavy atom. The van der Waals surface area contributed by atoms with Crippen molar-refractivity contribution in [1.82, 2.24) is 30.2 Å². The van der Waals surface area contributed by atoms with Gasteiger partial charge in [-0.3, -0.25) is 14.5 Å². The Morgan fingerprint density at radius 3 is 2.79 bits per heavy atom. The highest BCUT2D eigenvalue weighted by Crippen LogP contribution is 2.36. The Morgan fingerprint density at radius 2 is 2.14 bits per heavy atom. The molecule has 3 aromatic heterocycles. The van der Waals surface area contributed by atoms with E-state index in [4.69, 9.17) is 4.52 Å². The Hall–Kier alpha value is -3.17. The van der Waals surface area contributed by atoms with Crippen molar-refractivity contribution in [3.05, 3.63) is 47.4 Å². The van der Waals surface area contributed by atoms with Crippen LogP contribution in [-0.2, 0) is 7.05 Å². The maximum Gasteiger partial charge on any atom is 0.282 e. The van der Waals surface area contributed by atoms with Gasteiger partial charge in [0.2, 0.25) is 11.7 Å². The number of pyridine rings is 1. The summed E-state index contributed by atoms with van der Waals surface area (Å²) in [5.41, 5.74) is 1.38. The van der Waals surface area contributed by atoms with Gasteiger partial charge in [0.25, 0.3) is 12.3 Å². The first-order chi connectivity index (χ1) is 13.9. The third-order valence-corrected chi connectivity index (χ3v) is 5.08. The lowest BCUT2D eigenvalue weighted by Crippen LogP contribution is -2.28. The van der Waals surface area contributed by atoms with Crippen LogP contribution in [0, 0.1) is 0 Å². The number of aromatic nitrogens is 5. The third kappa shape index (κ3) is 3.87. The second-order valence-corrected chi connectivity index (χ2v) is 7.13. The fourth-order valence-electron chi connectivity index (χ4n) is 3.18. The van der Waals surface area contributed by atoms with Crippen molar-refractivity contribution in [1.29, 1.82) is 0 Å². The van der Waals surface area contributed by atoms with Crippen LogP contribution >= 0.6 is 0 Å². The van der Waals surface area contributed by atoms with E-state index in [9.17, 15) is 13.6 Å².